The Labute approximate surface area is 82.4 Å². The lowest BCUT2D eigenvalue weighted by atomic mass is 10.3. The average molecular weight is 195 g/mol. The number of anilines is 1. The summed E-state index contributed by atoms with van der Waals surface area (Å²) in [5.74, 6) is -0.0266. The first-order valence-electron chi connectivity index (χ1n) is 4.46. The summed E-state index contributed by atoms with van der Waals surface area (Å²) < 4.78 is 0. The largest absolute Gasteiger partial charge is 0.481 e. The Balaban J connectivity index is 2.58. The van der Waals surface area contributed by atoms with Gasteiger partial charge in [0.05, 0.1) is 6.42 Å². The molecule has 0 aliphatic heterocycles. The molecule has 1 aromatic rings. The second-order valence-corrected chi connectivity index (χ2v) is 2.79. The molecule has 1 rings (SSSR count). The van der Waals surface area contributed by atoms with Gasteiger partial charge in [-0.25, -0.2) is 9.97 Å². The van der Waals surface area contributed by atoms with Crippen molar-refractivity contribution < 1.29 is 9.90 Å². The first kappa shape index (κ1) is 10.4. The summed E-state index contributed by atoms with van der Waals surface area (Å²) in [5.41, 5.74) is 0. The van der Waals surface area contributed by atoms with E-state index in [0.29, 0.717) is 6.54 Å². The molecule has 0 aliphatic rings. The number of hydrogen-bond acceptors (Lipinski definition) is 4. The maximum absolute atomic E-state index is 10.4. The molecule has 0 saturated carbocycles. The molecule has 0 amide bonds. The van der Waals surface area contributed by atoms with E-state index >= 15 is 0 Å². The predicted octanol–water partition coefficient (Wildman–Crippen LogP) is 0.778. The van der Waals surface area contributed by atoms with Crippen molar-refractivity contribution in [2.75, 3.05) is 18.0 Å². The zero-order valence-electron chi connectivity index (χ0n) is 8.05. The highest BCUT2D eigenvalue weighted by Gasteiger charge is 2.06. The molecule has 0 bridgehead atoms. The molecule has 0 spiro atoms. The summed E-state index contributed by atoms with van der Waals surface area (Å²) in [7, 11) is 0. The van der Waals surface area contributed by atoms with Crippen LogP contribution >= 0.6 is 0 Å². The molecule has 0 radical (unpaired) electrons. The van der Waals surface area contributed by atoms with E-state index in [1.807, 2.05) is 11.8 Å². The van der Waals surface area contributed by atoms with Crippen molar-refractivity contribution in [3.63, 3.8) is 0 Å². The summed E-state index contributed by atoms with van der Waals surface area (Å²) in [6, 6.07) is 1.77. The van der Waals surface area contributed by atoms with Crippen LogP contribution in [0.4, 0.5) is 5.82 Å². The van der Waals surface area contributed by atoms with Crippen molar-refractivity contribution in [1.29, 1.82) is 0 Å². The van der Waals surface area contributed by atoms with E-state index in [1.165, 1.54) is 6.33 Å². The summed E-state index contributed by atoms with van der Waals surface area (Å²) in [4.78, 5) is 20.1. The number of aromatic nitrogens is 2. The smallest absolute Gasteiger partial charge is 0.305 e. The van der Waals surface area contributed by atoms with Crippen LogP contribution in [-0.2, 0) is 4.79 Å². The quantitative estimate of drug-likeness (QED) is 0.752. The summed E-state index contributed by atoms with van der Waals surface area (Å²) >= 11 is 0. The lowest BCUT2D eigenvalue weighted by Crippen LogP contribution is -2.26. The number of hydrogen-bond donors (Lipinski definition) is 1. The molecule has 76 valence electrons. The Morgan fingerprint density at radius 3 is 2.93 bits per heavy atom. The van der Waals surface area contributed by atoms with Crippen molar-refractivity contribution in [3.8, 4) is 0 Å². The molecule has 0 saturated heterocycles. The third-order valence-corrected chi connectivity index (χ3v) is 1.87. The average Bonchev–Trinajstić information content (AvgIpc) is 2.20. The van der Waals surface area contributed by atoms with Crippen molar-refractivity contribution in [2.45, 2.75) is 13.3 Å². The number of carbonyl (C=O) groups is 1. The van der Waals surface area contributed by atoms with Crippen LogP contribution in [-0.4, -0.2) is 34.1 Å². The number of carboxylic acids is 1. The van der Waals surface area contributed by atoms with E-state index in [-0.39, 0.29) is 6.42 Å². The van der Waals surface area contributed by atoms with Gasteiger partial charge in [0.1, 0.15) is 12.1 Å². The molecule has 1 N–H and O–H groups in total. The topological polar surface area (TPSA) is 66.3 Å². The van der Waals surface area contributed by atoms with E-state index in [2.05, 4.69) is 9.97 Å². The van der Waals surface area contributed by atoms with Gasteiger partial charge in [-0.15, -0.1) is 0 Å². The van der Waals surface area contributed by atoms with Gasteiger partial charge in [-0.2, -0.15) is 0 Å². The summed E-state index contributed by atoms with van der Waals surface area (Å²) in [6.45, 7) is 3.18. The van der Waals surface area contributed by atoms with E-state index in [0.717, 1.165) is 12.4 Å². The normalized spacial score (nSPS) is 9.79. The van der Waals surface area contributed by atoms with Gasteiger partial charge in [-0.05, 0) is 13.0 Å². The third-order valence-electron chi connectivity index (χ3n) is 1.87. The molecule has 0 aliphatic carbocycles. The van der Waals surface area contributed by atoms with Crippen molar-refractivity contribution in [2.24, 2.45) is 0 Å². The molecule has 14 heavy (non-hydrogen) atoms. The predicted molar refractivity (Wildman–Crippen MR) is 52.2 cm³/mol. The van der Waals surface area contributed by atoms with Crippen LogP contribution in [0.25, 0.3) is 0 Å². The van der Waals surface area contributed by atoms with Crippen LogP contribution in [0, 0.1) is 0 Å². The highest BCUT2D eigenvalue weighted by Crippen LogP contribution is 2.07. The van der Waals surface area contributed by atoms with Crippen LogP contribution in [0.15, 0.2) is 18.6 Å². The monoisotopic (exact) mass is 195 g/mol. The first-order valence-corrected chi connectivity index (χ1v) is 4.46. The zero-order valence-corrected chi connectivity index (χ0v) is 8.05. The van der Waals surface area contributed by atoms with Crippen LogP contribution in [0.3, 0.4) is 0 Å². The molecular formula is C9H13N3O2. The molecule has 1 aromatic heterocycles. The van der Waals surface area contributed by atoms with Gasteiger partial charge in [-0.3, -0.25) is 4.79 Å². The fourth-order valence-electron chi connectivity index (χ4n) is 1.14. The molecule has 0 aromatic carbocycles. The van der Waals surface area contributed by atoms with Crippen LogP contribution < -0.4 is 4.90 Å². The second kappa shape index (κ2) is 5.16. The standard InChI is InChI=1S/C9H13N3O2/c1-2-12(6-4-9(13)14)8-3-5-10-7-11-8/h3,5,7H,2,4,6H2,1H3,(H,13,14). The fourth-order valence-corrected chi connectivity index (χ4v) is 1.14. The van der Waals surface area contributed by atoms with E-state index in [1.54, 1.807) is 12.3 Å². The SMILES string of the molecule is CCN(CCC(=O)O)c1ccncn1. The molecule has 1 heterocycles. The Hall–Kier alpha value is -1.65. The minimum atomic E-state index is -0.794. The van der Waals surface area contributed by atoms with E-state index in [4.69, 9.17) is 5.11 Å². The minimum Gasteiger partial charge on any atom is -0.481 e. The highest BCUT2D eigenvalue weighted by atomic mass is 16.4. The number of aliphatic carboxylic acids is 1. The molecule has 0 atom stereocenters. The van der Waals surface area contributed by atoms with Gasteiger partial charge in [0, 0.05) is 19.3 Å². The zero-order chi connectivity index (χ0) is 10.4. The number of rotatable bonds is 5. The minimum absolute atomic E-state index is 0.123. The Morgan fingerprint density at radius 2 is 2.43 bits per heavy atom. The van der Waals surface area contributed by atoms with Crippen molar-refractivity contribution in [3.05, 3.63) is 18.6 Å². The lowest BCUT2D eigenvalue weighted by Gasteiger charge is -2.20. The van der Waals surface area contributed by atoms with E-state index < -0.39 is 5.97 Å². The molecule has 5 heteroatoms. The van der Waals surface area contributed by atoms with Gasteiger partial charge >= 0.3 is 5.97 Å². The Bertz CT molecular complexity index is 289. The van der Waals surface area contributed by atoms with Crippen molar-refractivity contribution in [1.82, 2.24) is 9.97 Å². The summed E-state index contributed by atoms with van der Waals surface area (Å²) in [5, 5.41) is 8.55. The summed E-state index contributed by atoms with van der Waals surface area (Å²) in [6.07, 6.45) is 3.22. The Kier molecular flexibility index (Phi) is 3.84. The molecule has 0 unspecified atom stereocenters. The van der Waals surface area contributed by atoms with E-state index in [9.17, 15) is 4.79 Å². The van der Waals surface area contributed by atoms with Crippen LogP contribution in [0.1, 0.15) is 13.3 Å². The van der Waals surface area contributed by atoms with Gasteiger partial charge in [-0.1, -0.05) is 0 Å². The van der Waals surface area contributed by atoms with Gasteiger partial charge in [0.15, 0.2) is 0 Å². The highest BCUT2D eigenvalue weighted by molar-refractivity contribution is 5.67. The van der Waals surface area contributed by atoms with Gasteiger partial charge < -0.3 is 10.0 Å². The second-order valence-electron chi connectivity index (χ2n) is 2.79. The maximum atomic E-state index is 10.4. The first-order chi connectivity index (χ1) is 6.74. The lowest BCUT2D eigenvalue weighted by molar-refractivity contribution is -0.136. The molecular weight excluding hydrogens is 182 g/mol. The van der Waals surface area contributed by atoms with Crippen molar-refractivity contribution >= 4 is 11.8 Å². The number of carboxylic acid groups (broad SMARTS) is 1. The van der Waals surface area contributed by atoms with Crippen LogP contribution in [0.2, 0.25) is 0 Å². The number of nitrogens with zero attached hydrogens (tertiary/aromatic N) is 3. The van der Waals surface area contributed by atoms with Gasteiger partial charge in [0.2, 0.25) is 0 Å². The molecule has 5 nitrogen and oxygen atoms in total. The molecule has 0 fully saturated rings. The van der Waals surface area contributed by atoms with Crippen LogP contribution in [0.5, 0.6) is 0 Å². The van der Waals surface area contributed by atoms with Gasteiger partial charge in [0.25, 0.3) is 0 Å². The fraction of sp³-hybridized carbons (Fsp3) is 0.444. The Morgan fingerprint density at radius 1 is 1.64 bits per heavy atom. The third kappa shape index (κ3) is 3.01. The maximum Gasteiger partial charge on any atom is 0.305 e.